The first kappa shape index (κ1) is 17.2. The van der Waals surface area contributed by atoms with Gasteiger partial charge in [0.15, 0.2) is 9.84 Å². The zero-order chi connectivity index (χ0) is 19.0. The molecule has 0 aliphatic rings. The third-order valence-electron chi connectivity index (χ3n) is 4.19. The molecule has 0 amide bonds. The van der Waals surface area contributed by atoms with Crippen molar-refractivity contribution in [2.45, 2.75) is 4.90 Å². The smallest absolute Gasteiger partial charge is 0.175 e. The molecule has 0 saturated carbocycles. The molecule has 2 aromatic heterocycles. The maximum atomic E-state index is 13.2. The molecule has 5 nitrogen and oxygen atoms in total. The first-order valence-corrected chi connectivity index (χ1v) is 10.1. The van der Waals surface area contributed by atoms with E-state index in [0.29, 0.717) is 11.5 Å². The van der Waals surface area contributed by atoms with Crippen LogP contribution in [0.5, 0.6) is 0 Å². The summed E-state index contributed by atoms with van der Waals surface area (Å²) in [5, 5.41) is 3.28. The summed E-state index contributed by atoms with van der Waals surface area (Å²) in [7, 11) is -3.27. The van der Waals surface area contributed by atoms with E-state index in [9.17, 15) is 12.8 Å². The molecule has 0 aliphatic heterocycles. The normalized spacial score (nSPS) is 11.6. The molecule has 27 heavy (non-hydrogen) atoms. The topological polar surface area (TPSA) is 63.5 Å². The van der Waals surface area contributed by atoms with E-state index in [4.69, 9.17) is 0 Å². The number of imidazole rings is 1. The van der Waals surface area contributed by atoms with Crippen LogP contribution in [0.25, 0.3) is 16.9 Å². The fourth-order valence-corrected chi connectivity index (χ4v) is 3.48. The lowest BCUT2D eigenvalue weighted by Gasteiger charge is -2.09. The molecule has 4 rings (SSSR count). The number of halogens is 1. The lowest BCUT2D eigenvalue weighted by atomic mass is 10.1. The largest absolute Gasteiger partial charge is 0.339 e. The number of benzene rings is 2. The Morgan fingerprint density at radius 3 is 2.33 bits per heavy atom. The zero-order valence-electron chi connectivity index (χ0n) is 14.4. The van der Waals surface area contributed by atoms with Crippen LogP contribution in [-0.4, -0.2) is 24.1 Å². The summed E-state index contributed by atoms with van der Waals surface area (Å²) >= 11 is 0. The van der Waals surface area contributed by atoms with Crippen molar-refractivity contribution in [1.29, 1.82) is 0 Å². The van der Waals surface area contributed by atoms with Crippen molar-refractivity contribution in [3.8, 4) is 11.3 Å². The molecule has 0 unspecified atom stereocenters. The summed E-state index contributed by atoms with van der Waals surface area (Å²) < 4.78 is 38.5. The summed E-state index contributed by atoms with van der Waals surface area (Å²) in [6.07, 6.45) is 3.05. The molecule has 2 aromatic carbocycles. The number of hydrogen-bond donors (Lipinski definition) is 1. The lowest BCUT2D eigenvalue weighted by molar-refractivity contribution is 0.602. The maximum absolute atomic E-state index is 13.2. The number of nitrogens with zero attached hydrogens (tertiary/aromatic N) is 2. The fraction of sp³-hybridized carbons (Fsp3) is 0.0500. The van der Waals surface area contributed by atoms with E-state index in [2.05, 4.69) is 10.3 Å². The first-order valence-electron chi connectivity index (χ1n) is 8.22. The van der Waals surface area contributed by atoms with Crippen LogP contribution in [0.1, 0.15) is 0 Å². The Morgan fingerprint density at radius 2 is 1.67 bits per heavy atom. The Labute approximate surface area is 156 Å². The van der Waals surface area contributed by atoms with Crippen LogP contribution in [0.4, 0.5) is 15.9 Å². The zero-order valence-corrected chi connectivity index (χ0v) is 15.2. The van der Waals surface area contributed by atoms with Gasteiger partial charge in [0.1, 0.15) is 23.0 Å². The molecule has 1 N–H and O–H groups in total. The average Bonchev–Trinajstić information content (AvgIpc) is 3.02. The summed E-state index contributed by atoms with van der Waals surface area (Å²) in [5.74, 6) is 0.402. The van der Waals surface area contributed by atoms with Gasteiger partial charge in [-0.25, -0.2) is 17.8 Å². The molecule has 136 valence electrons. The third-order valence-corrected chi connectivity index (χ3v) is 5.32. The summed E-state index contributed by atoms with van der Waals surface area (Å²) in [6.45, 7) is 0. The average molecular weight is 381 g/mol. The predicted molar refractivity (Wildman–Crippen MR) is 103 cm³/mol. The SMILES string of the molecule is CS(=O)(=O)c1ccc(-c2nc3ccccn3c2Nc2ccc(F)cc2)cc1. The fourth-order valence-electron chi connectivity index (χ4n) is 2.85. The van der Waals surface area contributed by atoms with Crippen LogP contribution in [0, 0.1) is 5.82 Å². The van der Waals surface area contributed by atoms with Crippen LogP contribution >= 0.6 is 0 Å². The Hall–Kier alpha value is -3.19. The number of anilines is 2. The second-order valence-electron chi connectivity index (χ2n) is 6.17. The molecule has 2 heterocycles. The minimum atomic E-state index is -3.27. The molecule has 0 bridgehead atoms. The molecular weight excluding hydrogens is 365 g/mol. The van der Waals surface area contributed by atoms with E-state index in [1.165, 1.54) is 18.4 Å². The minimum absolute atomic E-state index is 0.253. The van der Waals surface area contributed by atoms with Gasteiger partial charge in [-0.1, -0.05) is 18.2 Å². The number of nitrogens with one attached hydrogen (secondary N) is 1. The molecule has 0 spiro atoms. The van der Waals surface area contributed by atoms with E-state index >= 15 is 0 Å². The van der Waals surface area contributed by atoms with Crippen molar-refractivity contribution >= 4 is 27.0 Å². The van der Waals surface area contributed by atoms with Crippen LogP contribution in [-0.2, 0) is 9.84 Å². The van der Waals surface area contributed by atoms with E-state index in [1.54, 1.807) is 36.4 Å². The lowest BCUT2D eigenvalue weighted by Crippen LogP contribution is -1.98. The maximum Gasteiger partial charge on any atom is 0.175 e. The van der Waals surface area contributed by atoms with Crippen molar-refractivity contribution < 1.29 is 12.8 Å². The Balaban J connectivity index is 1.83. The van der Waals surface area contributed by atoms with Crippen molar-refractivity contribution in [1.82, 2.24) is 9.38 Å². The highest BCUT2D eigenvalue weighted by Crippen LogP contribution is 2.31. The number of fused-ring (bicyclic) bond motifs is 1. The van der Waals surface area contributed by atoms with Crippen LogP contribution in [0.2, 0.25) is 0 Å². The molecule has 0 atom stereocenters. The van der Waals surface area contributed by atoms with Gasteiger partial charge in [0.25, 0.3) is 0 Å². The summed E-state index contributed by atoms with van der Waals surface area (Å²) in [5.41, 5.74) is 2.90. The summed E-state index contributed by atoms with van der Waals surface area (Å²) in [6, 6.07) is 18.3. The first-order chi connectivity index (χ1) is 12.9. The van der Waals surface area contributed by atoms with Crippen LogP contribution in [0.15, 0.2) is 77.8 Å². The molecule has 0 fully saturated rings. The Morgan fingerprint density at radius 1 is 0.963 bits per heavy atom. The van der Waals surface area contributed by atoms with Crippen molar-refractivity contribution in [3.05, 3.63) is 78.7 Å². The van der Waals surface area contributed by atoms with E-state index < -0.39 is 9.84 Å². The molecule has 0 aliphatic carbocycles. The van der Waals surface area contributed by atoms with E-state index in [-0.39, 0.29) is 10.7 Å². The monoisotopic (exact) mass is 381 g/mol. The molecule has 0 saturated heterocycles. The van der Waals surface area contributed by atoms with Gasteiger partial charge in [0, 0.05) is 23.7 Å². The Bertz CT molecular complexity index is 1210. The van der Waals surface area contributed by atoms with Gasteiger partial charge in [0.2, 0.25) is 0 Å². The highest BCUT2D eigenvalue weighted by Gasteiger charge is 2.15. The second kappa shape index (κ2) is 6.51. The van der Waals surface area contributed by atoms with Gasteiger partial charge >= 0.3 is 0 Å². The molecule has 4 aromatic rings. The number of hydrogen-bond acceptors (Lipinski definition) is 4. The van der Waals surface area contributed by atoms with E-state index in [1.807, 2.05) is 28.8 Å². The van der Waals surface area contributed by atoms with Gasteiger partial charge in [-0.15, -0.1) is 0 Å². The molecule has 0 radical (unpaired) electrons. The van der Waals surface area contributed by atoms with Gasteiger partial charge < -0.3 is 5.32 Å². The van der Waals surface area contributed by atoms with E-state index in [0.717, 1.165) is 16.9 Å². The number of aromatic nitrogens is 2. The van der Waals surface area contributed by atoms with Crippen LogP contribution in [0.3, 0.4) is 0 Å². The van der Waals surface area contributed by atoms with Crippen molar-refractivity contribution in [3.63, 3.8) is 0 Å². The number of rotatable bonds is 4. The standard InChI is InChI=1S/C20H16FN3O2S/c1-27(25,26)17-11-5-14(6-12-17)19-20(22-16-9-7-15(21)8-10-16)24-13-3-2-4-18(24)23-19/h2-13,22H,1H3. The minimum Gasteiger partial charge on any atom is -0.339 e. The summed E-state index contributed by atoms with van der Waals surface area (Å²) in [4.78, 5) is 4.92. The highest BCUT2D eigenvalue weighted by atomic mass is 32.2. The van der Waals surface area contributed by atoms with Crippen molar-refractivity contribution in [2.75, 3.05) is 11.6 Å². The van der Waals surface area contributed by atoms with Gasteiger partial charge in [-0.05, 0) is 48.5 Å². The van der Waals surface area contributed by atoms with Gasteiger partial charge in [0.05, 0.1) is 4.90 Å². The van der Waals surface area contributed by atoms with Gasteiger partial charge in [-0.2, -0.15) is 0 Å². The van der Waals surface area contributed by atoms with Crippen molar-refractivity contribution in [2.24, 2.45) is 0 Å². The highest BCUT2D eigenvalue weighted by molar-refractivity contribution is 7.90. The Kier molecular flexibility index (Phi) is 4.16. The van der Waals surface area contributed by atoms with Gasteiger partial charge in [-0.3, -0.25) is 4.40 Å². The predicted octanol–water partition coefficient (Wildman–Crippen LogP) is 4.29. The third kappa shape index (κ3) is 3.41. The molecule has 7 heteroatoms. The number of pyridine rings is 1. The quantitative estimate of drug-likeness (QED) is 0.573. The molecular formula is C20H16FN3O2S. The second-order valence-corrected chi connectivity index (χ2v) is 8.18. The van der Waals surface area contributed by atoms with Crippen LogP contribution < -0.4 is 5.32 Å². The number of sulfone groups is 1.